The maximum atomic E-state index is 3.50. The smallest absolute Gasteiger partial charge is 0.0175 e. The van der Waals surface area contributed by atoms with Crippen molar-refractivity contribution in [3.8, 4) is 0 Å². The first-order chi connectivity index (χ1) is 8.24. The van der Waals surface area contributed by atoms with Gasteiger partial charge in [-0.1, -0.05) is 28.1 Å². The van der Waals surface area contributed by atoms with Crippen molar-refractivity contribution in [1.29, 1.82) is 0 Å². The molecule has 1 nitrogen and oxygen atoms in total. The van der Waals surface area contributed by atoms with E-state index in [2.05, 4.69) is 52.0 Å². The van der Waals surface area contributed by atoms with Crippen LogP contribution in [0, 0.1) is 0 Å². The van der Waals surface area contributed by atoms with E-state index in [1.165, 1.54) is 42.3 Å². The van der Waals surface area contributed by atoms with Crippen molar-refractivity contribution < 1.29 is 0 Å². The van der Waals surface area contributed by atoms with Crippen molar-refractivity contribution >= 4 is 15.9 Å². The highest BCUT2D eigenvalue weighted by Gasteiger charge is 2.37. The second-order valence-corrected chi connectivity index (χ2v) is 6.52. The molecule has 0 N–H and O–H groups in total. The second kappa shape index (κ2) is 4.74. The number of nitrogens with zero attached hydrogens (tertiary/aromatic N) is 1. The third-order valence-electron chi connectivity index (χ3n) is 4.53. The molecular weight excluding hydrogens is 274 g/mol. The summed E-state index contributed by atoms with van der Waals surface area (Å²) in [5.41, 5.74) is 1.52. The molecule has 0 radical (unpaired) electrons. The van der Waals surface area contributed by atoms with Gasteiger partial charge in [-0.05, 0) is 62.8 Å². The minimum absolute atomic E-state index is 0.806. The van der Waals surface area contributed by atoms with E-state index >= 15 is 0 Å². The average Bonchev–Trinajstić information content (AvgIpc) is 2.66. The third-order valence-corrected chi connectivity index (χ3v) is 5.06. The van der Waals surface area contributed by atoms with Crippen molar-refractivity contribution in [1.82, 2.24) is 4.90 Å². The van der Waals surface area contributed by atoms with Crippen molar-refractivity contribution in [2.45, 2.75) is 50.6 Å². The maximum Gasteiger partial charge on any atom is 0.0175 e. The predicted octanol–water partition coefficient (Wildman–Crippen LogP) is 4.18. The van der Waals surface area contributed by atoms with E-state index in [1.54, 1.807) is 0 Å². The lowest BCUT2D eigenvalue weighted by Gasteiger charge is -2.43. The molecular formula is C15H20BrN. The summed E-state index contributed by atoms with van der Waals surface area (Å²) in [6, 6.07) is 10.6. The monoisotopic (exact) mass is 293 g/mol. The van der Waals surface area contributed by atoms with E-state index in [0.717, 1.165) is 18.0 Å². The summed E-state index contributed by atoms with van der Waals surface area (Å²) in [5.74, 6) is 0.806. The highest BCUT2D eigenvalue weighted by Crippen LogP contribution is 2.42. The van der Waals surface area contributed by atoms with Crippen LogP contribution in [0.25, 0.3) is 0 Å². The average molecular weight is 294 g/mol. The molecule has 1 aromatic rings. The van der Waals surface area contributed by atoms with Gasteiger partial charge in [0.15, 0.2) is 0 Å². The lowest BCUT2D eigenvalue weighted by Crippen LogP contribution is -2.45. The Morgan fingerprint density at radius 1 is 1.18 bits per heavy atom. The maximum absolute atomic E-state index is 3.50. The number of likely N-dealkylation sites (tertiary alicyclic amines) is 1. The van der Waals surface area contributed by atoms with E-state index in [9.17, 15) is 0 Å². The molecule has 1 saturated carbocycles. The summed E-state index contributed by atoms with van der Waals surface area (Å²) >= 11 is 3.50. The Morgan fingerprint density at radius 2 is 1.88 bits per heavy atom. The molecule has 1 saturated heterocycles. The van der Waals surface area contributed by atoms with Gasteiger partial charge in [0.2, 0.25) is 0 Å². The van der Waals surface area contributed by atoms with Gasteiger partial charge in [-0.3, -0.25) is 4.90 Å². The van der Waals surface area contributed by atoms with E-state index in [-0.39, 0.29) is 0 Å². The Bertz CT molecular complexity index is 380. The van der Waals surface area contributed by atoms with Gasteiger partial charge in [0.1, 0.15) is 0 Å². The molecule has 1 heterocycles. The fraction of sp³-hybridized carbons (Fsp3) is 0.600. The van der Waals surface area contributed by atoms with Gasteiger partial charge in [-0.2, -0.15) is 0 Å². The predicted molar refractivity (Wildman–Crippen MR) is 75.3 cm³/mol. The molecule has 1 aliphatic heterocycles. The minimum Gasteiger partial charge on any atom is -0.298 e. The van der Waals surface area contributed by atoms with Gasteiger partial charge < -0.3 is 0 Å². The SMILES string of the molecule is C[C@H]1CCCN1[C@H]1C[C@H](c2ccc(Br)cc2)C1. The second-order valence-electron chi connectivity index (χ2n) is 5.60. The van der Waals surface area contributed by atoms with Crippen molar-refractivity contribution in [2.24, 2.45) is 0 Å². The summed E-state index contributed by atoms with van der Waals surface area (Å²) in [6.45, 7) is 3.72. The van der Waals surface area contributed by atoms with Gasteiger partial charge in [0.25, 0.3) is 0 Å². The van der Waals surface area contributed by atoms with E-state index in [4.69, 9.17) is 0 Å². The summed E-state index contributed by atoms with van der Waals surface area (Å²) in [5, 5.41) is 0. The molecule has 2 aliphatic rings. The summed E-state index contributed by atoms with van der Waals surface area (Å²) in [4.78, 5) is 2.73. The van der Waals surface area contributed by atoms with Crippen LogP contribution in [-0.2, 0) is 0 Å². The number of hydrogen-bond acceptors (Lipinski definition) is 1. The standard InChI is InChI=1S/C15H20BrN/c1-11-3-2-8-17(11)15-9-13(10-15)12-4-6-14(16)7-5-12/h4-7,11,13,15H,2-3,8-10H2,1H3/t11-,13-,15-/m0/s1. The number of hydrogen-bond donors (Lipinski definition) is 0. The summed E-state index contributed by atoms with van der Waals surface area (Å²) in [6.07, 6.45) is 5.54. The Balaban J connectivity index is 1.59. The van der Waals surface area contributed by atoms with Crippen molar-refractivity contribution in [3.63, 3.8) is 0 Å². The zero-order chi connectivity index (χ0) is 11.8. The largest absolute Gasteiger partial charge is 0.298 e. The Labute approximate surface area is 112 Å². The molecule has 2 fully saturated rings. The molecule has 0 amide bonds. The molecule has 0 spiro atoms. The van der Waals surface area contributed by atoms with E-state index in [1.807, 2.05) is 0 Å². The zero-order valence-electron chi connectivity index (χ0n) is 10.4. The Morgan fingerprint density at radius 3 is 2.47 bits per heavy atom. The van der Waals surface area contributed by atoms with Crippen molar-refractivity contribution in [3.05, 3.63) is 34.3 Å². The number of rotatable bonds is 2. The van der Waals surface area contributed by atoms with Gasteiger partial charge >= 0.3 is 0 Å². The number of halogens is 1. The number of benzene rings is 1. The first kappa shape index (κ1) is 11.7. The molecule has 1 aromatic carbocycles. The van der Waals surface area contributed by atoms with Crippen LogP contribution in [0.15, 0.2) is 28.7 Å². The molecule has 0 unspecified atom stereocenters. The summed E-state index contributed by atoms with van der Waals surface area (Å²) in [7, 11) is 0. The highest BCUT2D eigenvalue weighted by atomic mass is 79.9. The lowest BCUT2D eigenvalue weighted by molar-refractivity contribution is 0.103. The highest BCUT2D eigenvalue weighted by molar-refractivity contribution is 9.10. The fourth-order valence-electron chi connectivity index (χ4n) is 3.36. The Hall–Kier alpha value is -0.340. The van der Waals surface area contributed by atoms with Crippen LogP contribution in [0.2, 0.25) is 0 Å². The molecule has 1 aliphatic carbocycles. The van der Waals surface area contributed by atoms with E-state index in [0.29, 0.717) is 0 Å². The third kappa shape index (κ3) is 2.30. The normalized spacial score (nSPS) is 33.6. The van der Waals surface area contributed by atoms with E-state index < -0.39 is 0 Å². The fourth-order valence-corrected chi connectivity index (χ4v) is 3.63. The van der Waals surface area contributed by atoms with Crippen LogP contribution < -0.4 is 0 Å². The first-order valence-electron chi connectivity index (χ1n) is 6.75. The van der Waals surface area contributed by atoms with Crippen LogP contribution in [0.4, 0.5) is 0 Å². The van der Waals surface area contributed by atoms with Crippen molar-refractivity contribution in [2.75, 3.05) is 6.54 Å². The molecule has 2 heteroatoms. The molecule has 0 aromatic heterocycles. The topological polar surface area (TPSA) is 3.24 Å². The van der Waals surface area contributed by atoms with Crippen LogP contribution >= 0.6 is 15.9 Å². The van der Waals surface area contributed by atoms with Crippen LogP contribution in [0.1, 0.15) is 44.1 Å². The minimum atomic E-state index is 0.806. The van der Waals surface area contributed by atoms with Crippen LogP contribution in [0.5, 0.6) is 0 Å². The molecule has 17 heavy (non-hydrogen) atoms. The molecule has 0 bridgehead atoms. The first-order valence-corrected chi connectivity index (χ1v) is 7.54. The molecule has 92 valence electrons. The molecule has 3 rings (SSSR count). The summed E-state index contributed by atoms with van der Waals surface area (Å²) < 4.78 is 1.19. The van der Waals surface area contributed by atoms with Gasteiger partial charge in [0, 0.05) is 16.6 Å². The lowest BCUT2D eigenvalue weighted by atomic mass is 9.75. The molecule has 1 atom stereocenters. The zero-order valence-corrected chi connectivity index (χ0v) is 12.0. The quantitative estimate of drug-likeness (QED) is 0.791. The Kier molecular flexibility index (Phi) is 3.27. The van der Waals surface area contributed by atoms with Gasteiger partial charge in [-0.25, -0.2) is 0 Å². The van der Waals surface area contributed by atoms with Gasteiger partial charge in [-0.15, -0.1) is 0 Å². The van der Waals surface area contributed by atoms with Gasteiger partial charge in [0.05, 0.1) is 0 Å². The van der Waals surface area contributed by atoms with Crippen LogP contribution in [0.3, 0.4) is 0 Å². The van der Waals surface area contributed by atoms with Crippen LogP contribution in [-0.4, -0.2) is 23.5 Å².